The molecular formula is C10H20N4O2. The van der Waals surface area contributed by atoms with Gasteiger partial charge >= 0.3 is 0 Å². The van der Waals surface area contributed by atoms with Gasteiger partial charge in [-0.05, 0) is 14.0 Å². The van der Waals surface area contributed by atoms with Crippen molar-refractivity contribution in [1.82, 2.24) is 19.7 Å². The predicted octanol–water partition coefficient (Wildman–Crippen LogP) is -0.437. The fraction of sp³-hybridized carbons (Fsp3) is 0.800. The minimum atomic E-state index is -0.468. The van der Waals surface area contributed by atoms with Crippen LogP contribution in [-0.2, 0) is 18.3 Å². The highest BCUT2D eigenvalue weighted by Crippen LogP contribution is 2.02. The van der Waals surface area contributed by atoms with E-state index in [2.05, 4.69) is 10.2 Å². The topological polar surface area (TPSA) is 63.4 Å². The number of aryl methyl sites for hydroxylation is 1. The molecule has 92 valence electrons. The first-order valence-electron chi connectivity index (χ1n) is 5.25. The van der Waals surface area contributed by atoms with E-state index in [-0.39, 0.29) is 0 Å². The molecule has 0 spiro atoms. The van der Waals surface area contributed by atoms with Gasteiger partial charge in [-0.1, -0.05) is 0 Å². The van der Waals surface area contributed by atoms with Crippen molar-refractivity contribution in [2.24, 2.45) is 7.05 Å². The molecule has 0 fully saturated rings. The van der Waals surface area contributed by atoms with Gasteiger partial charge in [0.15, 0.2) is 0 Å². The monoisotopic (exact) mass is 228 g/mol. The Morgan fingerprint density at radius 1 is 1.50 bits per heavy atom. The third-order valence-electron chi connectivity index (χ3n) is 2.48. The molecule has 0 aliphatic heterocycles. The van der Waals surface area contributed by atoms with E-state index in [0.29, 0.717) is 19.7 Å². The number of rotatable bonds is 6. The molecule has 0 bridgehead atoms. The van der Waals surface area contributed by atoms with Gasteiger partial charge < -0.3 is 14.4 Å². The van der Waals surface area contributed by atoms with E-state index in [1.165, 1.54) is 0 Å². The normalized spacial score (nSPS) is 13.4. The summed E-state index contributed by atoms with van der Waals surface area (Å²) in [4.78, 5) is 1.99. The van der Waals surface area contributed by atoms with Crippen LogP contribution in [0.1, 0.15) is 11.6 Å². The van der Waals surface area contributed by atoms with E-state index < -0.39 is 6.10 Å². The van der Waals surface area contributed by atoms with E-state index in [4.69, 9.17) is 4.74 Å². The van der Waals surface area contributed by atoms with Crippen molar-refractivity contribution >= 4 is 0 Å². The number of aromatic nitrogens is 3. The van der Waals surface area contributed by atoms with Crippen LogP contribution in [0.4, 0.5) is 0 Å². The molecule has 1 aromatic rings. The van der Waals surface area contributed by atoms with Crippen LogP contribution in [0.5, 0.6) is 0 Å². The van der Waals surface area contributed by atoms with Crippen molar-refractivity contribution in [2.75, 3.05) is 27.3 Å². The molecule has 6 nitrogen and oxygen atoms in total. The highest BCUT2D eigenvalue weighted by Gasteiger charge is 2.11. The Balaban J connectivity index is 2.45. The summed E-state index contributed by atoms with van der Waals surface area (Å²) >= 11 is 0. The number of aliphatic hydroxyl groups is 1. The molecule has 1 N–H and O–H groups in total. The average Bonchev–Trinajstić information content (AvgIpc) is 2.50. The molecule has 0 saturated heterocycles. The highest BCUT2D eigenvalue weighted by atomic mass is 16.5. The zero-order chi connectivity index (χ0) is 12.1. The van der Waals surface area contributed by atoms with E-state index in [1.54, 1.807) is 7.11 Å². The van der Waals surface area contributed by atoms with E-state index >= 15 is 0 Å². The Labute approximate surface area is 95.8 Å². The molecule has 0 amide bonds. The van der Waals surface area contributed by atoms with E-state index in [9.17, 15) is 5.11 Å². The molecule has 1 unspecified atom stereocenters. The average molecular weight is 228 g/mol. The van der Waals surface area contributed by atoms with Gasteiger partial charge in [0.25, 0.3) is 0 Å². The second-order valence-corrected chi connectivity index (χ2v) is 4.03. The van der Waals surface area contributed by atoms with E-state index in [0.717, 1.165) is 11.6 Å². The lowest BCUT2D eigenvalue weighted by Gasteiger charge is -2.19. The number of hydrogen-bond donors (Lipinski definition) is 1. The van der Waals surface area contributed by atoms with Gasteiger partial charge in [-0.3, -0.25) is 4.90 Å². The van der Waals surface area contributed by atoms with Crippen molar-refractivity contribution < 1.29 is 9.84 Å². The number of likely N-dealkylation sites (N-methyl/N-ethyl adjacent to an activating group) is 1. The van der Waals surface area contributed by atoms with Crippen molar-refractivity contribution in [1.29, 1.82) is 0 Å². The number of aliphatic hydroxyl groups excluding tert-OH is 1. The van der Waals surface area contributed by atoms with Crippen LogP contribution in [-0.4, -0.2) is 58.2 Å². The molecule has 1 atom stereocenters. The Bertz CT molecular complexity index is 327. The molecule has 1 heterocycles. The van der Waals surface area contributed by atoms with Crippen molar-refractivity contribution in [2.45, 2.75) is 19.6 Å². The van der Waals surface area contributed by atoms with Crippen LogP contribution >= 0.6 is 0 Å². The van der Waals surface area contributed by atoms with Crippen molar-refractivity contribution in [3.63, 3.8) is 0 Å². The van der Waals surface area contributed by atoms with Crippen LogP contribution in [0.2, 0.25) is 0 Å². The molecule has 0 aromatic carbocycles. The maximum absolute atomic E-state index is 9.56. The Hall–Kier alpha value is -0.980. The molecule has 1 rings (SSSR count). The first-order chi connectivity index (χ1) is 7.54. The smallest absolute Gasteiger partial charge is 0.146 e. The summed E-state index contributed by atoms with van der Waals surface area (Å²) in [5, 5.41) is 17.6. The van der Waals surface area contributed by atoms with Gasteiger partial charge in [0, 0.05) is 20.7 Å². The van der Waals surface area contributed by atoms with Crippen LogP contribution in [0.15, 0.2) is 0 Å². The minimum absolute atomic E-state index is 0.349. The molecule has 1 aromatic heterocycles. The molecular weight excluding hydrogens is 208 g/mol. The second-order valence-electron chi connectivity index (χ2n) is 4.03. The van der Waals surface area contributed by atoms with E-state index in [1.807, 2.05) is 30.5 Å². The number of nitrogens with zero attached hydrogens (tertiary/aromatic N) is 4. The Morgan fingerprint density at radius 3 is 2.69 bits per heavy atom. The minimum Gasteiger partial charge on any atom is -0.389 e. The summed E-state index contributed by atoms with van der Waals surface area (Å²) in [7, 11) is 5.45. The largest absolute Gasteiger partial charge is 0.389 e. The number of hydrogen-bond acceptors (Lipinski definition) is 5. The third-order valence-corrected chi connectivity index (χ3v) is 2.48. The first kappa shape index (κ1) is 13.1. The standard InChI is InChI=1S/C10H20N4O2/c1-8-11-12-10(14(8)3)6-13(2)5-9(15)7-16-4/h9,15H,5-7H2,1-4H3. The highest BCUT2D eigenvalue weighted by molar-refractivity contribution is 4.92. The van der Waals surface area contributed by atoms with Gasteiger partial charge in [-0.15, -0.1) is 10.2 Å². The van der Waals surface area contributed by atoms with Crippen LogP contribution in [0.25, 0.3) is 0 Å². The quantitative estimate of drug-likeness (QED) is 0.715. The summed E-state index contributed by atoms with van der Waals surface area (Å²) in [6, 6.07) is 0. The maximum Gasteiger partial charge on any atom is 0.146 e. The third kappa shape index (κ3) is 3.55. The Morgan fingerprint density at radius 2 is 2.19 bits per heavy atom. The van der Waals surface area contributed by atoms with Crippen molar-refractivity contribution in [3.05, 3.63) is 11.6 Å². The van der Waals surface area contributed by atoms with Gasteiger partial charge in [0.2, 0.25) is 0 Å². The fourth-order valence-corrected chi connectivity index (χ4v) is 1.50. The lowest BCUT2D eigenvalue weighted by atomic mass is 10.3. The zero-order valence-corrected chi connectivity index (χ0v) is 10.3. The van der Waals surface area contributed by atoms with Gasteiger partial charge in [0.1, 0.15) is 11.6 Å². The molecule has 0 radical (unpaired) electrons. The predicted molar refractivity (Wildman–Crippen MR) is 60.0 cm³/mol. The molecule has 0 saturated carbocycles. The summed E-state index contributed by atoms with van der Waals surface area (Å²) in [5.74, 6) is 1.78. The SMILES string of the molecule is COCC(O)CN(C)Cc1nnc(C)n1C. The van der Waals surface area contributed by atoms with Crippen molar-refractivity contribution in [3.8, 4) is 0 Å². The molecule has 16 heavy (non-hydrogen) atoms. The molecule has 0 aliphatic rings. The Kier molecular flexibility index (Phi) is 4.85. The fourth-order valence-electron chi connectivity index (χ4n) is 1.50. The van der Waals surface area contributed by atoms with Crippen LogP contribution in [0.3, 0.4) is 0 Å². The second kappa shape index (κ2) is 5.93. The maximum atomic E-state index is 9.56. The van der Waals surface area contributed by atoms with Crippen LogP contribution in [0, 0.1) is 6.92 Å². The van der Waals surface area contributed by atoms with Gasteiger partial charge in [-0.25, -0.2) is 0 Å². The summed E-state index contributed by atoms with van der Waals surface area (Å²) in [6.45, 7) is 3.48. The molecule has 6 heteroatoms. The lowest BCUT2D eigenvalue weighted by Crippen LogP contribution is -2.32. The number of methoxy groups -OCH3 is 1. The van der Waals surface area contributed by atoms with Crippen LogP contribution < -0.4 is 0 Å². The van der Waals surface area contributed by atoms with Gasteiger partial charge in [-0.2, -0.15) is 0 Å². The molecule has 0 aliphatic carbocycles. The number of ether oxygens (including phenoxy) is 1. The summed E-state index contributed by atoms with van der Waals surface area (Å²) < 4.78 is 6.82. The lowest BCUT2D eigenvalue weighted by molar-refractivity contribution is 0.0412. The van der Waals surface area contributed by atoms with Gasteiger partial charge in [0.05, 0.1) is 19.3 Å². The zero-order valence-electron chi connectivity index (χ0n) is 10.3. The summed E-state index contributed by atoms with van der Waals surface area (Å²) in [5.41, 5.74) is 0. The first-order valence-corrected chi connectivity index (χ1v) is 5.25. The summed E-state index contributed by atoms with van der Waals surface area (Å²) in [6.07, 6.45) is -0.468.